The monoisotopic (exact) mass is 351 g/mol. The van der Waals surface area contributed by atoms with Crippen molar-refractivity contribution in [2.45, 2.75) is 51.4 Å². The summed E-state index contributed by atoms with van der Waals surface area (Å²) < 4.78 is 4.60. The van der Waals surface area contributed by atoms with Gasteiger partial charge in [0.05, 0.1) is 11.9 Å². The fourth-order valence-electron chi connectivity index (χ4n) is 3.64. The topological polar surface area (TPSA) is 59.4 Å². The molecule has 0 spiro atoms. The summed E-state index contributed by atoms with van der Waals surface area (Å²) in [7, 11) is 0. The lowest BCUT2D eigenvalue weighted by Gasteiger charge is -2.42. The van der Waals surface area contributed by atoms with Gasteiger partial charge in [0.1, 0.15) is 0 Å². The van der Waals surface area contributed by atoms with Gasteiger partial charge in [-0.1, -0.05) is 52.5 Å². The molecular formula is C22H25NO3. The Morgan fingerprint density at radius 3 is 2.31 bits per heavy atom. The van der Waals surface area contributed by atoms with Crippen LogP contribution >= 0.6 is 0 Å². The summed E-state index contributed by atoms with van der Waals surface area (Å²) in [6.07, 6.45) is 2.39. The molecular weight excluding hydrogens is 326 g/mol. The second kappa shape index (κ2) is 6.27. The van der Waals surface area contributed by atoms with Gasteiger partial charge in [-0.2, -0.15) is 0 Å². The van der Waals surface area contributed by atoms with Crippen molar-refractivity contribution in [1.29, 1.82) is 0 Å². The number of ether oxygens (including phenoxy) is 1. The number of carbonyl (C=O) groups is 1. The van der Waals surface area contributed by atoms with Crippen LogP contribution in [0.3, 0.4) is 0 Å². The van der Waals surface area contributed by atoms with Crippen molar-refractivity contribution in [2.75, 3.05) is 0 Å². The van der Waals surface area contributed by atoms with E-state index in [1.165, 1.54) is 23.7 Å². The first-order valence-electron chi connectivity index (χ1n) is 8.82. The van der Waals surface area contributed by atoms with Crippen molar-refractivity contribution < 1.29 is 14.6 Å². The van der Waals surface area contributed by atoms with E-state index in [9.17, 15) is 4.79 Å². The second-order valence-electron chi connectivity index (χ2n) is 8.25. The minimum absolute atomic E-state index is 0.133. The van der Waals surface area contributed by atoms with E-state index < -0.39 is 6.16 Å². The number of aromatic nitrogens is 1. The van der Waals surface area contributed by atoms with E-state index in [1.54, 1.807) is 12.1 Å². The van der Waals surface area contributed by atoms with Gasteiger partial charge in [-0.15, -0.1) is 0 Å². The van der Waals surface area contributed by atoms with Gasteiger partial charge in [-0.05, 0) is 52.5 Å². The second-order valence-corrected chi connectivity index (χ2v) is 8.25. The molecule has 3 rings (SSSR count). The first-order chi connectivity index (χ1) is 12.1. The zero-order valence-electron chi connectivity index (χ0n) is 15.8. The smallest absolute Gasteiger partial charge is 0.449 e. The Balaban J connectivity index is 1.95. The molecule has 4 nitrogen and oxygen atoms in total. The average Bonchev–Trinajstić information content (AvgIpc) is 2.58. The molecule has 1 heterocycles. The molecule has 0 saturated heterocycles. The Morgan fingerprint density at radius 1 is 1.08 bits per heavy atom. The standard InChI is InChI=1S/C22H25NO3/c1-14(19-9-7-16(13-23-19)26-20(24)25)15-6-8-17-18(12-15)22(4,5)11-10-21(17,2)3/h6-9,12-13H,1,10-11H2,2-5H3,(H,24,25). The van der Waals surface area contributed by atoms with Crippen LogP contribution in [0.15, 0.2) is 43.1 Å². The molecule has 1 aliphatic rings. The molecule has 0 aliphatic heterocycles. The molecule has 2 aromatic rings. The highest BCUT2D eigenvalue weighted by atomic mass is 16.7. The molecule has 1 aromatic heterocycles. The average molecular weight is 351 g/mol. The summed E-state index contributed by atoms with van der Waals surface area (Å²) in [6.45, 7) is 13.4. The quantitative estimate of drug-likeness (QED) is 0.737. The van der Waals surface area contributed by atoms with E-state index in [-0.39, 0.29) is 16.6 Å². The SMILES string of the molecule is C=C(c1ccc2c(c1)C(C)(C)CCC2(C)C)c1ccc(OC(=O)O)cn1. The van der Waals surface area contributed by atoms with E-state index in [4.69, 9.17) is 5.11 Å². The van der Waals surface area contributed by atoms with Crippen LogP contribution in [-0.4, -0.2) is 16.2 Å². The summed E-state index contributed by atoms with van der Waals surface area (Å²) in [5, 5.41) is 8.66. The number of fused-ring (bicyclic) bond motifs is 1. The minimum Gasteiger partial charge on any atom is -0.449 e. The molecule has 0 bridgehead atoms. The summed E-state index contributed by atoms with van der Waals surface area (Å²) in [5.74, 6) is 0.197. The normalized spacial score (nSPS) is 17.2. The van der Waals surface area contributed by atoms with Gasteiger partial charge in [0.25, 0.3) is 0 Å². The van der Waals surface area contributed by atoms with Crippen LogP contribution < -0.4 is 4.74 Å². The number of nitrogens with zero attached hydrogens (tertiary/aromatic N) is 1. The molecule has 0 amide bonds. The minimum atomic E-state index is -1.35. The third-order valence-electron chi connectivity index (χ3n) is 5.45. The van der Waals surface area contributed by atoms with Gasteiger partial charge in [0.2, 0.25) is 0 Å². The van der Waals surface area contributed by atoms with Crippen LogP contribution in [0.25, 0.3) is 5.57 Å². The van der Waals surface area contributed by atoms with Crippen LogP contribution in [-0.2, 0) is 10.8 Å². The number of hydrogen-bond acceptors (Lipinski definition) is 3. The fourth-order valence-corrected chi connectivity index (χ4v) is 3.64. The third kappa shape index (κ3) is 3.36. The Hall–Kier alpha value is -2.62. The first kappa shape index (κ1) is 18.2. The van der Waals surface area contributed by atoms with Crippen LogP contribution in [0.5, 0.6) is 5.75 Å². The largest absolute Gasteiger partial charge is 0.511 e. The zero-order chi connectivity index (χ0) is 19.1. The maximum Gasteiger partial charge on any atom is 0.511 e. The van der Waals surface area contributed by atoms with Crippen molar-refractivity contribution in [3.05, 3.63) is 65.5 Å². The number of carboxylic acid groups (broad SMARTS) is 1. The molecule has 0 radical (unpaired) electrons. The molecule has 0 fully saturated rings. The Labute approximate surface area is 154 Å². The number of rotatable bonds is 3. The molecule has 26 heavy (non-hydrogen) atoms. The number of benzene rings is 1. The Morgan fingerprint density at radius 2 is 1.73 bits per heavy atom. The van der Waals surface area contributed by atoms with E-state index in [2.05, 4.69) is 62.2 Å². The van der Waals surface area contributed by atoms with E-state index in [0.717, 1.165) is 17.6 Å². The highest BCUT2D eigenvalue weighted by molar-refractivity contribution is 5.77. The molecule has 4 heteroatoms. The maximum atomic E-state index is 10.6. The molecule has 0 saturated carbocycles. The van der Waals surface area contributed by atoms with E-state index in [0.29, 0.717) is 5.69 Å². The molecule has 1 aliphatic carbocycles. The van der Waals surface area contributed by atoms with Crippen LogP contribution in [0, 0.1) is 0 Å². The van der Waals surface area contributed by atoms with Gasteiger partial charge in [-0.3, -0.25) is 4.98 Å². The predicted molar refractivity (Wildman–Crippen MR) is 103 cm³/mol. The first-order valence-corrected chi connectivity index (χ1v) is 8.82. The summed E-state index contributed by atoms with van der Waals surface area (Å²) in [6, 6.07) is 9.89. The van der Waals surface area contributed by atoms with Gasteiger partial charge >= 0.3 is 6.16 Å². The highest BCUT2D eigenvalue weighted by Gasteiger charge is 2.37. The lowest BCUT2D eigenvalue weighted by molar-refractivity contribution is 0.144. The lowest BCUT2D eigenvalue weighted by Crippen LogP contribution is -2.33. The van der Waals surface area contributed by atoms with Crippen LogP contribution in [0.2, 0.25) is 0 Å². The van der Waals surface area contributed by atoms with Crippen molar-refractivity contribution in [1.82, 2.24) is 4.98 Å². The van der Waals surface area contributed by atoms with Gasteiger partial charge in [0.15, 0.2) is 5.75 Å². The summed E-state index contributed by atoms with van der Waals surface area (Å²) in [5.41, 5.74) is 5.65. The van der Waals surface area contributed by atoms with Crippen molar-refractivity contribution in [3.8, 4) is 5.75 Å². The zero-order valence-corrected chi connectivity index (χ0v) is 15.8. The maximum absolute atomic E-state index is 10.6. The molecule has 1 N–H and O–H groups in total. The van der Waals surface area contributed by atoms with Crippen molar-refractivity contribution in [3.63, 3.8) is 0 Å². The van der Waals surface area contributed by atoms with Crippen molar-refractivity contribution >= 4 is 11.7 Å². The highest BCUT2D eigenvalue weighted by Crippen LogP contribution is 2.46. The van der Waals surface area contributed by atoms with Crippen LogP contribution in [0.4, 0.5) is 4.79 Å². The summed E-state index contributed by atoms with van der Waals surface area (Å²) in [4.78, 5) is 14.9. The third-order valence-corrected chi connectivity index (χ3v) is 5.45. The van der Waals surface area contributed by atoms with Gasteiger partial charge in [0, 0.05) is 5.57 Å². The summed E-state index contributed by atoms with van der Waals surface area (Å²) >= 11 is 0. The van der Waals surface area contributed by atoms with E-state index in [1.807, 2.05) is 0 Å². The van der Waals surface area contributed by atoms with Crippen LogP contribution in [0.1, 0.15) is 62.9 Å². The molecule has 0 atom stereocenters. The fraction of sp³-hybridized carbons (Fsp3) is 0.364. The Bertz CT molecular complexity index is 863. The molecule has 0 unspecified atom stereocenters. The van der Waals surface area contributed by atoms with Gasteiger partial charge in [-0.25, -0.2) is 4.79 Å². The predicted octanol–water partition coefficient (Wildman–Crippen LogP) is 5.55. The lowest BCUT2D eigenvalue weighted by atomic mass is 9.63. The number of hydrogen-bond donors (Lipinski definition) is 1. The van der Waals surface area contributed by atoms with Crippen molar-refractivity contribution in [2.24, 2.45) is 0 Å². The van der Waals surface area contributed by atoms with Gasteiger partial charge < -0.3 is 9.84 Å². The van der Waals surface area contributed by atoms with E-state index >= 15 is 0 Å². The number of pyridine rings is 1. The Kier molecular flexibility index (Phi) is 4.39. The molecule has 1 aromatic carbocycles. The molecule has 136 valence electrons.